The summed E-state index contributed by atoms with van der Waals surface area (Å²) in [6.07, 6.45) is 5.37. The predicted octanol–water partition coefficient (Wildman–Crippen LogP) is 7.27. The van der Waals surface area contributed by atoms with Crippen LogP contribution in [0.15, 0.2) is 41.3 Å². The van der Waals surface area contributed by atoms with Crippen molar-refractivity contribution < 1.29 is 9.53 Å². The van der Waals surface area contributed by atoms with Gasteiger partial charge in [-0.05, 0) is 89.3 Å². The lowest BCUT2D eigenvalue weighted by Crippen LogP contribution is -2.23. The molecule has 3 nitrogen and oxygen atoms in total. The summed E-state index contributed by atoms with van der Waals surface area (Å²) in [7, 11) is 0. The van der Waals surface area contributed by atoms with Crippen LogP contribution in [0.4, 0.5) is 0 Å². The molecule has 172 valence electrons. The van der Waals surface area contributed by atoms with E-state index >= 15 is 0 Å². The first-order valence-corrected chi connectivity index (χ1v) is 12.7. The van der Waals surface area contributed by atoms with Crippen LogP contribution in [0.2, 0.25) is 0 Å². The summed E-state index contributed by atoms with van der Waals surface area (Å²) in [5, 5.41) is 2.69. The highest BCUT2D eigenvalue weighted by molar-refractivity contribution is 8.26. The number of hydrogen-bond donors (Lipinski definition) is 1. The Labute approximate surface area is 206 Å². The first-order valence-electron chi connectivity index (χ1n) is 11.5. The van der Waals surface area contributed by atoms with Gasteiger partial charge >= 0.3 is 0 Å². The third-order valence-electron chi connectivity index (χ3n) is 6.39. The maximum absolute atomic E-state index is 12.2. The average molecular weight is 478 g/mol. The first kappa shape index (κ1) is 23.8. The molecule has 1 amide bonds. The second-order valence-corrected chi connectivity index (χ2v) is 11.4. The van der Waals surface area contributed by atoms with Crippen molar-refractivity contribution in [1.29, 1.82) is 0 Å². The van der Waals surface area contributed by atoms with Gasteiger partial charge in [-0.1, -0.05) is 69.9 Å². The van der Waals surface area contributed by atoms with Crippen molar-refractivity contribution in [3.8, 4) is 16.9 Å². The van der Waals surface area contributed by atoms with E-state index in [-0.39, 0.29) is 11.3 Å². The van der Waals surface area contributed by atoms with Crippen LogP contribution < -0.4 is 10.1 Å². The highest BCUT2D eigenvalue weighted by Crippen LogP contribution is 2.45. The summed E-state index contributed by atoms with van der Waals surface area (Å²) in [6, 6.07) is 10.8. The molecule has 0 atom stereocenters. The number of thiocarbonyl (C=S) groups is 1. The lowest BCUT2D eigenvalue weighted by atomic mass is 9.70. The number of aryl methyl sites for hydroxylation is 1. The number of benzene rings is 2. The van der Waals surface area contributed by atoms with Crippen LogP contribution in [0.25, 0.3) is 22.8 Å². The number of hydrogen-bond acceptors (Lipinski definition) is 4. The minimum Gasteiger partial charge on any atom is -0.493 e. The molecule has 2 aliphatic rings. The van der Waals surface area contributed by atoms with Crippen molar-refractivity contribution in [1.82, 2.24) is 5.32 Å². The van der Waals surface area contributed by atoms with Gasteiger partial charge in [-0.3, -0.25) is 4.79 Å². The Morgan fingerprint density at radius 2 is 1.94 bits per heavy atom. The molecule has 1 aliphatic heterocycles. The van der Waals surface area contributed by atoms with E-state index in [1.807, 2.05) is 25.1 Å². The molecule has 0 aromatic heterocycles. The second kappa shape index (κ2) is 9.11. The molecular weight excluding hydrogens is 446 g/mol. The summed E-state index contributed by atoms with van der Waals surface area (Å²) in [4.78, 5) is 12.8. The van der Waals surface area contributed by atoms with Gasteiger partial charge in [0.2, 0.25) is 0 Å². The Morgan fingerprint density at radius 1 is 1.18 bits per heavy atom. The van der Waals surface area contributed by atoms with Crippen molar-refractivity contribution >= 4 is 45.9 Å². The normalized spacial score (nSPS) is 18.4. The Hall–Kier alpha value is -2.37. The fourth-order valence-corrected chi connectivity index (χ4v) is 5.67. The van der Waals surface area contributed by atoms with Crippen molar-refractivity contribution in [2.24, 2.45) is 5.92 Å². The molecule has 1 N–H and O–H groups in total. The molecule has 0 spiro atoms. The fraction of sp³-hybridized carbons (Fsp3) is 0.357. The Morgan fingerprint density at radius 3 is 2.58 bits per heavy atom. The highest BCUT2D eigenvalue weighted by Gasteiger charge is 2.30. The van der Waals surface area contributed by atoms with Crippen LogP contribution in [-0.4, -0.2) is 16.8 Å². The minimum atomic E-state index is -0.140. The summed E-state index contributed by atoms with van der Waals surface area (Å²) in [5.74, 6) is 1.17. The number of carbonyl (C=O) groups is 1. The average Bonchev–Trinajstić information content (AvgIpc) is 3.06. The van der Waals surface area contributed by atoms with E-state index in [1.165, 1.54) is 39.6 Å². The molecule has 1 aliphatic carbocycles. The molecule has 2 aromatic carbocycles. The van der Waals surface area contributed by atoms with Gasteiger partial charge in [0.1, 0.15) is 10.1 Å². The number of nitrogens with one attached hydrogen (secondary N) is 1. The second-order valence-electron chi connectivity index (χ2n) is 9.66. The Bertz CT molecular complexity index is 1200. The SMILES string of the molecule is CCOc1ccc(C=C2SC(=S)NC2=O)cc1-c1cc2c(cc1C)C(C)(C)CC=C2C(C)C. The molecule has 0 saturated carbocycles. The van der Waals surface area contributed by atoms with Gasteiger partial charge in [-0.2, -0.15) is 0 Å². The molecule has 0 bridgehead atoms. The topological polar surface area (TPSA) is 38.3 Å². The number of thioether (sulfide) groups is 1. The van der Waals surface area contributed by atoms with Crippen LogP contribution in [0, 0.1) is 12.8 Å². The Balaban J connectivity index is 1.89. The molecule has 1 heterocycles. The van der Waals surface area contributed by atoms with Gasteiger partial charge in [-0.15, -0.1) is 0 Å². The number of amides is 1. The zero-order chi connectivity index (χ0) is 23.9. The van der Waals surface area contributed by atoms with E-state index in [0.717, 1.165) is 23.3 Å². The molecule has 0 unspecified atom stereocenters. The lowest BCUT2D eigenvalue weighted by molar-refractivity contribution is -0.115. The summed E-state index contributed by atoms with van der Waals surface area (Å²) in [6.45, 7) is 14.0. The standard InChI is InChI=1S/C28H31NO2S2/c1-7-31-24-9-8-18(14-25-26(30)29-27(32)33-25)13-22(24)20-15-21-19(16(2)3)10-11-28(5,6)23(21)12-17(20)4/h8-10,12-16H,7,11H2,1-6H3,(H,29,30,32). The molecule has 5 heteroatoms. The zero-order valence-corrected chi connectivity index (χ0v) is 21.8. The molecule has 1 saturated heterocycles. The molecule has 33 heavy (non-hydrogen) atoms. The maximum Gasteiger partial charge on any atom is 0.263 e. The zero-order valence-electron chi connectivity index (χ0n) is 20.2. The van der Waals surface area contributed by atoms with Crippen LogP contribution in [-0.2, 0) is 10.2 Å². The summed E-state index contributed by atoms with van der Waals surface area (Å²) < 4.78 is 6.53. The third kappa shape index (κ3) is 4.67. The number of carbonyl (C=O) groups excluding carboxylic acids is 1. The van der Waals surface area contributed by atoms with E-state index in [4.69, 9.17) is 17.0 Å². The monoisotopic (exact) mass is 477 g/mol. The van der Waals surface area contributed by atoms with Gasteiger partial charge < -0.3 is 10.1 Å². The van der Waals surface area contributed by atoms with E-state index in [2.05, 4.69) is 64.2 Å². The largest absolute Gasteiger partial charge is 0.493 e. The molecular formula is C28H31NO2S2. The van der Waals surface area contributed by atoms with Crippen molar-refractivity contribution in [3.63, 3.8) is 0 Å². The van der Waals surface area contributed by atoms with E-state index in [1.54, 1.807) is 0 Å². The lowest BCUT2D eigenvalue weighted by Gasteiger charge is -2.34. The fourth-order valence-electron chi connectivity index (χ4n) is 4.63. The quantitative estimate of drug-likeness (QED) is 0.363. The third-order valence-corrected chi connectivity index (χ3v) is 7.56. The number of ether oxygens (including phenoxy) is 1. The van der Waals surface area contributed by atoms with Crippen LogP contribution >= 0.6 is 24.0 Å². The summed E-state index contributed by atoms with van der Waals surface area (Å²) >= 11 is 6.44. The van der Waals surface area contributed by atoms with Gasteiger partial charge in [0.15, 0.2) is 0 Å². The minimum absolute atomic E-state index is 0.109. The van der Waals surface area contributed by atoms with Gasteiger partial charge in [0.25, 0.3) is 5.91 Å². The maximum atomic E-state index is 12.2. The predicted molar refractivity (Wildman–Crippen MR) is 145 cm³/mol. The van der Waals surface area contributed by atoms with Crippen LogP contribution in [0.3, 0.4) is 0 Å². The van der Waals surface area contributed by atoms with E-state index in [0.29, 0.717) is 21.8 Å². The van der Waals surface area contributed by atoms with Crippen molar-refractivity contribution in [2.75, 3.05) is 6.61 Å². The van der Waals surface area contributed by atoms with Crippen molar-refractivity contribution in [2.45, 2.75) is 53.4 Å². The number of fused-ring (bicyclic) bond motifs is 1. The van der Waals surface area contributed by atoms with Crippen molar-refractivity contribution in [3.05, 3.63) is 63.6 Å². The number of allylic oxidation sites excluding steroid dienone is 2. The molecule has 4 rings (SSSR count). The van der Waals surface area contributed by atoms with Crippen LogP contribution in [0.5, 0.6) is 5.75 Å². The summed E-state index contributed by atoms with van der Waals surface area (Å²) in [5.41, 5.74) is 8.67. The van der Waals surface area contributed by atoms with E-state index in [9.17, 15) is 4.79 Å². The highest BCUT2D eigenvalue weighted by atomic mass is 32.2. The van der Waals surface area contributed by atoms with Gasteiger partial charge in [0, 0.05) is 5.56 Å². The number of rotatable bonds is 5. The Kier molecular flexibility index (Phi) is 6.56. The molecule has 0 radical (unpaired) electrons. The van der Waals surface area contributed by atoms with Gasteiger partial charge in [-0.25, -0.2) is 0 Å². The van der Waals surface area contributed by atoms with Gasteiger partial charge in [0.05, 0.1) is 11.5 Å². The van der Waals surface area contributed by atoms with Crippen LogP contribution in [0.1, 0.15) is 63.3 Å². The smallest absolute Gasteiger partial charge is 0.263 e. The molecule has 1 fully saturated rings. The van der Waals surface area contributed by atoms with E-state index < -0.39 is 0 Å². The molecule has 2 aromatic rings. The first-order chi connectivity index (χ1) is 15.6.